The number of carbonyl (C=O) groups is 2. The molecule has 0 radical (unpaired) electrons. The lowest BCUT2D eigenvalue weighted by molar-refractivity contribution is -0.254. The van der Waals surface area contributed by atoms with E-state index in [0.717, 1.165) is 123 Å². The number of allylic oxidation sites excluding steroid dienone is 2. The summed E-state index contributed by atoms with van der Waals surface area (Å²) in [5, 5.41) is 47.1. The minimum atomic E-state index is -0.634. The first-order valence-corrected chi connectivity index (χ1v) is 37.5. The van der Waals surface area contributed by atoms with Crippen molar-refractivity contribution >= 4 is 23.8 Å². The molecule has 22 heteroatoms. The highest BCUT2D eigenvalue weighted by Gasteiger charge is 2.74. The molecule has 98 heavy (non-hydrogen) atoms. The molecule has 22 atom stereocenters. The van der Waals surface area contributed by atoms with E-state index in [2.05, 4.69) is 152 Å². The molecular formula is C76H128N12O10. The fourth-order valence-corrected chi connectivity index (χ4v) is 25.4. The number of hydrogen-bond acceptors (Lipinski definition) is 18. The van der Waals surface area contributed by atoms with E-state index in [-0.39, 0.29) is 109 Å². The number of aromatic nitrogens is 8. The van der Waals surface area contributed by atoms with Gasteiger partial charge in [-0.25, -0.2) is 0 Å². The molecule has 4 bridgehead atoms. The van der Waals surface area contributed by atoms with Gasteiger partial charge < -0.3 is 61.6 Å². The number of ether oxygens (including phenoxy) is 6. The molecule has 10 fully saturated rings. The van der Waals surface area contributed by atoms with Crippen LogP contribution >= 0.6 is 0 Å². The molecule has 6 heterocycles. The molecule has 12 aliphatic rings. The summed E-state index contributed by atoms with van der Waals surface area (Å²) in [5.74, 6) is 1.81. The first-order valence-electron chi connectivity index (χ1n) is 37.5. The van der Waals surface area contributed by atoms with Gasteiger partial charge in [0.25, 0.3) is 11.9 Å². The van der Waals surface area contributed by atoms with Crippen molar-refractivity contribution in [2.75, 3.05) is 77.5 Å². The molecule has 11 N–H and O–H groups in total. The van der Waals surface area contributed by atoms with Crippen LogP contribution in [-0.2, 0) is 38.0 Å². The number of nitrogen functional groups attached to an aromatic ring is 2. The highest BCUT2D eigenvalue weighted by Crippen LogP contribution is 2.78. The molecule has 6 saturated carbocycles. The van der Waals surface area contributed by atoms with E-state index in [1.165, 1.54) is 12.0 Å². The monoisotopic (exact) mass is 1370 g/mol. The number of aliphatic carboxylic acids is 2. The Morgan fingerprint density at radius 1 is 0.592 bits per heavy atom. The molecule has 0 aromatic carbocycles. The van der Waals surface area contributed by atoms with E-state index in [4.69, 9.17) is 51.4 Å². The topological polar surface area (TPSA) is 332 Å². The van der Waals surface area contributed by atoms with E-state index >= 15 is 0 Å². The predicted octanol–water partition coefficient (Wildman–Crippen LogP) is 11.8. The third-order valence-electron chi connectivity index (χ3n) is 31.6. The molecular weight excluding hydrogens is 1240 g/mol. The smallest absolute Gasteiger partial charge is 0.307 e. The van der Waals surface area contributed by atoms with Gasteiger partial charge in [0.05, 0.1) is 63.7 Å². The van der Waals surface area contributed by atoms with Gasteiger partial charge in [0.1, 0.15) is 6.04 Å². The van der Waals surface area contributed by atoms with Gasteiger partial charge in [-0.3, -0.25) is 9.59 Å². The SMILES string of the molecule is C.CC(C)[C@@H](C)[C@@]1(C)CC[C@]2(C)[C@H]3CC[C@@H]4[C@@]5(COC[C@@]4(C)[C@@H](OCC4(N)CCOCC4)[C@H](C)C5)C3=CC[C@@]2(C)[C@@H]1C(=O)O.CC(C)[C@@H](C)[C@@]1(C)CC[C@]2(C)[C@H]3CC[C@@H]4[C@@]5(COC[C@@]4(C)[C@@H](OCC4(N)CCOCC4)[C@H](n4nnc(N)n4)C5)C3=CC[C@@]2(C)[C@@H]1C(=O)O.Nc1nn[nH]n1. The van der Waals surface area contributed by atoms with Crippen molar-refractivity contribution in [1.82, 2.24) is 40.8 Å². The van der Waals surface area contributed by atoms with Crippen LogP contribution in [0.3, 0.4) is 0 Å². The summed E-state index contributed by atoms with van der Waals surface area (Å²) in [6.45, 7) is 41.4. The fraction of sp³-hybridized carbons (Fsp3) is 0.895. The van der Waals surface area contributed by atoms with Crippen LogP contribution in [0.25, 0.3) is 0 Å². The Morgan fingerprint density at radius 3 is 1.42 bits per heavy atom. The number of rotatable bonds is 13. The number of hydrogen-bond donors (Lipinski definition) is 7. The van der Waals surface area contributed by atoms with Gasteiger partial charge in [0, 0.05) is 59.2 Å². The van der Waals surface area contributed by atoms with Crippen molar-refractivity contribution in [2.45, 2.75) is 243 Å². The lowest BCUT2D eigenvalue weighted by atomic mass is 9.34. The summed E-state index contributed by atoms with van der Waals surface area (Å²) >= 11 is 0. The highest BCUT2D eigenvalue weighted by molar-refractivity contribution is 5.74. The number of nitrogens with zero attached hydrogens (tertiary/aromatic N) is 7. The Hall–Kier alpha value is -4.16. The lowest BCUT2D eigenvalue weighted by Gasteiger charge is -2.71. The van der Waals surface area contributed by atoms with Gasteiger partial charge in [0.2, 0.25) is 0 Å². The maximum Gasteiger partial charge on any atom is 0.307 e. The average molecular weight is 1370 g/mol. The van der Waals surface area contributed by atoms with Crippen molar-refractivity contribution in [3.05, 3.63) is 23.3 Å². The highest BCUT2D eigenvalue weighted by atomic mass is 16.5. The quantitative estimate of drug-likeness (QED) is 0.0916. The predicted molar refractivity (Wildman–Crippen MR) is 376 cm³/mol. The molecule has 0 amide bonds. The summed E-state index contributed by atoms with van der Waals surface area (Å²) in [6, 6.07) is -0.197. The standard InChI is InChI=1S/C37H60N6O5.C37H61NO5.CH3N5.CH4/c1-22(2)23(3)32(4)12-13-34(6)24-8-9-27-33(5)19-47-21-37(27,25(24)10-11-35(34,7)28(32)30(44)45)18-26(43-41-31(38)40-42-43)29(33)48-20-36(39)14-16-46-17-15-36;1-23(2)25(4)32(5)13-14-34(7)26-9-10-28-33(6)20-42-22-37(28,27(26)11-12-35(34,8)29(32)31(39)40)19-24(3)30(33)43-21-36(38)15-17-41-18-16-36;2-1-3-5-6-4-1;/h10,22-24,26-29H,8-9,11-21,39H2,1-7H3,(H2,38,41)(H,44,45);11,23-26,28-30H,9-10,12-22,38H2,1-8H3,(H,39,40);(H3,2,3,4,5,6);1H4/t23-,24+,26-,27+,28-,29+,32-,33-,34-,35+,37+;24-,25-,26+,28+,29-,30+,32-,33-,34-,35+,37+;;/m11../s1. The molecule has 2 aromatic rings. The summed E-state index contributed by atoms with van der Waals surface area (Å²) in [6.07, 6.45) is 20.1. The van der Waals surface area contributed by atoms with Crippen LogP contribution in [0.5, 0.6) is 0 Å². The van der Waals surface area contributed by atoms with Crippen molar-refractivity contribution in [3.8, 4) is 0 Å². The first kappa shape index (κ1) is 75.0. The van der Waals surface area contributed by atoms with Crippen molar-refractivity contribution in [2.24, 2.45) is 131 Å². The van der Waals surface area contributed by atoms with Crippen LogP contribution in [0.15, 0.2) is 23.3 Å². The van der Waals surface area contributed by atoms with Crippen LogP contribution in [0.1, 0.15) is 220 Å². The molecule has 0 unspecified atom stereocenters. The molecule has 2 aromatic heterocycles. The average Bonchev–Trinajstić information content (AvgIpc) is 0.719. The minimum Gasteiger partial charge on any atom is -0.481 e. The van der Waals surface area contributed by atoms with Crippen LogP contribution < -0.4 is 22.9 Å². The fourth-order valence-electron chi connectivity index (χ4n) is 25.4. The van der Waals surface area contributed by atoms with E-state index in [9.17, 15) is 19.8 Å². The van der Waals surface area contributed by atoms with Crippen LogP contribution in [0, 0.1) is 119 Å². The van der Waals surface area contributed by atoms with E-state index in [0.29, 0.717) is 87.0 Å². The number of aromatic amines is 1. The molecule has 8 aliphatic carbocycles. The maximum atomic E-state index is 13.4. The van der Waals surface area contributed by atoms with Gasteiger partial charge in [-0.2, -0.15) is 10.0 Å². The second-order valence-corrected chi connectivity index (χ2v) is 36.8. The van der Waals surface area contributed by atoms with Gasteiger partial charge >= 0.3 is 11.9 Å². The number of tetrazole rings is 2. The molecule has 552 valence electrons. The Labute approximate surface area is 585 Å². The van der Waals surface area contributed by atoms with Crippen LogP contribution in [0.4, 0.5) is 11.9 Å². The van der Waals surface area contributed by atoms with E-state index in [1.807, 2.05) is 0 Å². The number of nitrogens with two attached hydrogens (primary N) is 4. The molecule has 14 rings (SSSR count). The molecule has 0 spiro atoms. The minimum absolute atomic E-state index is 0. The van der Waals surface area contributed by atoms with Gasteiger partial charge in [-0.1, -0.05) is 145 Å². The summed E-state index contributed by atoms with van der Waals surface area (Å²) in [7, 11) is 0. The van der Waals surface area contributed by atoms with Crippen molar-refractivity contribution in [3.63, 3.8) is 0 Å². The number of carboxylic acids is 2. The Balaban J connectivity index is 0.000000182. The molecule has 4 aliphatic heterocycles. The number of anilines is 2. The van der Waals surface area contributed by atoms with E-state index in [1.54, 1.807) is 10.4 Å². The zero-order valence-electron chi connectivity index (χ0n) is 61.7. The van der Waals surface area contributed by atoms with Crippen molar-refractivity contribution < 1.29 is 48.2 Å². The zero-order chi connectivity index (χ0) is 70.1. The van der Waals surface area contributed by atoms with Crippen molar-refractivity contribution in [1.29, 1.82) is 0 Å². The number of H-pyrrole nitrogens is 1. The Kier molecular flexibility index (Phi) is 20.3. The summed E-state index contributed by atoms with van der Waals surface area (Å²) in [4.78, 5) is 28.4. The number of carboxylic acid groups (broad SMARTS) is 2. The van der Waals surface area contributed by atoms with Gasteiger partial charge in [0.15, 0.2) is 0 Å². The lowest BCUT2D eigenvalue weighted by Crippen LogP contribution is -2.69. The largest absolute Gasteiger partial charge is 0.481 e. The molecule has 4 saturated heterocycles. The normalized spacial score (nSPS) is 44.8. The molecule has 22 nitrogen and oxygen atoms in total. The van der Waals surface area contributed by atoms with Crippen LogP contribution in [0.2, 0.25) is 0 Å². The summed E-state index contributed by atoms with van der Waals surface area (Å²) in [5.41, 5.74) is 25.1. The number of fused-ring (bicyclic) bond motifs is 6. The van der Waals surface area contributed by atoms with Gasteiger partial charge in [-0.05, 0) is 199 Å². The van der Waals surface area contributed by atoms with Gasteiger partial charge in [-0.15, -0.1) is 10.2 Å². The Morgan fingerprint density at radius 2 is 1.03 bits per heavy atom. The maximum absolute atomic E-state index is 13.4. The third kappa shape index (κ3) is 11.6. The van der Waals surface area contributed by atoms with Crippen LogP contribution in [-0.4, -0.2) is 152 Å². The summed E-state index contributed by atoms with van der Waals surface area (Å²) < 4.78 is 38.4. The first-order chi connectivity index (χ1) is 45.5. The van der Waals surface area contributed by atoms with E-state index < -0.39 is 23.4 Å². The third-order valence-corrected chi connectivity index (χ3v) is 31.6. The Bertz CT molecular complexity index is 3240. The number of nitrogens with one attached hydrogen (secondary N) is 1. The second-order valence-electron chi connectivity index (χ2n) is 36.8. The second kappa shape index (κ2) is 26.5. The zero-order valence-corrected chi connectivity index (χ0v) is 61.7.